The van der Waals surface area contributed by atoms with Crippen molar-refractivity contribution in [2.24, 2.45) is 0 Å². The molecule has 0 unspecified atom stereocenters. The SMILES string of the molecule is CCn1c(SCC(=O)Nc2ccc(Cl)cc2)nnc1-c1cccc(C)c1. The maximum Gasteiger partial charge on any atom is 0.234 e. The first-order valence-corrected chi connectivity index (χ1v) is 9.61. The molecule has 0 radical (unpaired) electrons. The molecule has 0 saturated heterocycles. The molecule has 5 nitrogen and oxygen atoms in total. The molecule has 1 aromatic heterocycles. The third-order valence-electron chi connectivity index (χ3n) is 3.77. The van der Waals surface area contributed by atoms with Gasteiger partial charge in [-0.3, -0.25) is 4.79 Å². The summed E-state index contributed by atoms with van der Waals surface area (Å²) in [5.74, 6) is 0.978. The molecule has 0 aliphatic carbocycles. The van der Waals surface area contributed by atoms with Gasteiger partial charge in [0, 0.05) is 22.8 Å². The van der Waals surface area contributed by atoms with Crippen LogP contribution in [0.2, 0.25) is 5.02 Å². The zero-order chi connectivity index (χ0) is 18.5. The van der Waals surface area contributed by atoms with Crippen LogP contribution in [0.5, 0.6) is 0 Å². The van der Waals surface area contributed by atoms with Gasteiger partial charge in [-0.05, 0) is 44.2 Å². The minimum atomic E-state index is -0.0971. The normalized spacial score (nSPS) is 10.7. The highest BCUT2D eigenvalue weighted by atomic mass is 35.5. The number of nitrogens with zero attached hydrogens (tertiary/aromatic N) is 3. The van der Waals surface area contributed by atoms with Crippen molar-refractivity contribution in [3.63, 3.8) is 0 Å². The highest BCUT2D eigenvalue weighted by Crippen LogP contribution is 2.24. The van der Waals surface area contributed by atoms with Crippen molar-refractivity contribution < 1.29 is 4.79 Å². The molecule has 1 heterocycles. The highest BCUT2D eigenvalue weighted by Gasteiger charge is 2.14. The van der Waals surface area contributed by atoms with Gasteiger partial charge in [0.25, 0.3) is 0 Å². The highest BCUT2D eigenvalue weighted by molar-refractivity contribution is 7.99. The Kier molecular flexibility index (Phi) is 5.96. The Labute approximate surface area is 161 Å². The van der Waals surface area contributed by atoms with Crippen LogP contribution in [0.4, 0.5) is 5.69 Å². The van der Waals surface area contributed by atoms with Crippen molar-refractivity contribution in [3.05, 3.63) is 59.1 Å². The van der Waals surface area contributed by atoms with E-state index in [0.29, 0.717) is 5.02 Å². The Bertz CT molecular complexity index is 908. The molecule has 134 valence electrons. The van der Waals surface area contributed by atoms with Crippen LogP contribution in [0, 0.1) is 6.92 Å². The number of anilines is 1. The lowest BCUT2D eigenvalue weighted by molar-refractivity contribution is -0.113. The second-order valence-electron chi connectivity index (χ2n) is 5.76. The summed E-state index contributed by atoms with van der Waals surface area (Å²) in [6.45, 7) is 4.82. The van der Waals surface area contributed by atoms with Crippen LogP contribution < -0.4 is 5.32 Å². The fraction of sp³-hybridized carbons (Fsp3) is 0.211. The summed E-state index contributed by atoms with van der Waals surface area (Å²) in [6.07, 6.45) is 0. The number of halogens is 1. The first-order valence-electron chi connectivity index (χ1n) is 8.25. The van der Waals surface area contributed by atoms with Crippen LogP contribution in [0.15, 0.2) is 53.7 Å². The van der Waals surface area contributed by atoms with Gasteiger partial charge in [0.15, 0.2) is 11.0 Å². The fourth-order valence-electron chi connectivity index (χ4n) is 2.54. The zero-order valence-electron chi connectivity index (χ0n) is 14.6. The molecule has 3 rings (SSSR count). The van der Waals surface area contributed by atoms with Gasteiger partial charge in [-0.25, -0.2) is 0 Å². The number of benzene rings is 2. The second-order valence-corrected chi connectivity index (χ2v) is 7.14. The van der Waals surface area contributed by atoms with Crippen LogP contribution in [-0.2, 0) is 11.3 Å². The van der Waals surface area contributed by atoms with Crippen LogP contribution in [0.25, 0.3) is 11.4 Å². The third-order valence-corrected chi connectivity index (χ3v) is 4.99. The number of thioether (sulfide) groups is 1. The lowest BCUT2D eigenvalue weighted by Gasteiger charge is -2.08. The van der Waals surface area contributed by atoms with Crippen molar-refractivity contribution in [1.29, 1.82) is 0 Å². The van der Waals surface area contributed by atoms with Crippen molar-refractivity contribution >= 4 is 35.0 Å². The van der Waals surface area contributed by atoms with Gasteiger partial charge in [-0.15, -0.1) is 10.2 Å². The molecule has 3 aromatic rings. The Morgan fingerprint density at radius 2 is 1.96 bits per heavy atom. The van der Waals surface area contributed by atoms with Gasteiger partial charge < -0.3 is 9.88 Å². The van der Waals surface area contributed by atoms with Crippen LogP contribution in [0.1, 0.15) is 12.5 Å². The molecule has 1 N–H and O–H groups in total. The van der Waals surface area contributed by atoms with Crippen LogP contribution in [0.3, 0.4) is 0 Å². The number of nitrogens with one attached hydrogen (secondary N) is 1. The molecule has 7 heteroatoms. The van der Waals surface area contributed by atoms with E-state index in [1.807, 2.05) is 36.6 Å². The number of rotatable bonds is 6. The number of carbonyl (C=O) groups is 1. The van der Waals surface area contributed by atoms with Gasteiger partial charge in [0.05, 0.1) is 5.75 Å². The van der Waals surface area contributed by atoms with E-state index in [1.54, 1.807) is 24.3 Å². The van der Waals surface area contributed by atoms with Gasteiger partial charge in [0.2, 0.25) is 5.91 Å². The Balaban J connectivity index is 1.68. The van der Waals surface area contributed by atoms with E-state index in [0.717, 1.165) is 28.8 Å². The monoisotopic (exact) mass is 386 g/mol. The maximum atomic E-state index is 12.2. The molecule has 1 amide bonds. The number of carbonyl (C=O) groups excluding carboxylic acids is 1. The molecule has 0 aliphatic heterocycles. The van der Waals surface area contributed by atoms with Crippen molar-refractivity contribution in [2.75, 3.05) is 11.1 Å². The summed E-state index contributed by atoms with van der Waals surface area (Å²) in [4.78, 5) is 12.2. The van der Waals surface area contributed by atoms with Gasteiger partial charge in [-0.2, -0.15) is 0 Å². The first-order chi connectivity index (χ1) is 12.6. The van der Waals surface area contributed by atoms with E-state index in [9.17, 15) is 4.79 Å². The number of aromatic nitrogens is 3. The van der Waals surface area contributed by atoms with Crippen LogP contribution in [-0.4, -0.2) is 26.4 Å². The number of aryl methyl sites for hydroxylation is 1. The second kappa shape index (κ2) is 8.38. The number of amides is 1. The topological polar surface area (TPSA) is 59.8 Å². The van der Waals surface area contributed by atoms with E-state index in [4.69, 9.17) is 11.6 Å². The van der Waals surface area contributed by atoms with E-state index in [2.05, 4.69) is 21.6 Å². The zero-order valence-corrected chi connectivity index (χ0v) is 16.1. The molecule has 26 heavy (non-hydrogen) atoms. The molecule has 2 aromatic carbocycles. The minimum Gasteiger partial charge on any atom is -0.325 e. The van der Waals surface area contributed by atoms with E-state index < -0.39 is 0 Å². The predicted octanol–water partition coefficient (Wildman–Crippen LogP) is 4.66. The lowest BCUT2D eigenvalue weighted by Crippen LogP contribution is -2.14. The number of hydrogen-bond acceptors (Lipinski definition) is 4. The fourth-order valence-corrected chi connectivity index (χ4v) is 3.47. The largest absolute Gasteiger partial charge is 0.325 e. The number of hydrogen-bond donors (Lipinski definition) is 1. The molecule has 0 saturated carbocycles. The average Bonchev–Trinajstić information content (AvgIpc) is 3.05. The third kappa shape index (κ3) is 4.45. The van der Waals surface area contributed by atoms with E-state index in [1.165, 1.54) is 17.3 Å². The van der Waals surface area contributed by atoms with E-state index in [-0.39, 0.29) is 11.7 Å². The van der Waals surface area contributed by atoms with Gasteiger partial charge in [-0.1, -0.05) is 47.1 Å². The molecule has 0 bridgehead atoms. The van der Waals surface area contributed by atoms with Gasteiger partial charge in [0.1, 0.15) is 0 Å². The maximum absolute atomic E-state index is 12.2. The Hall–Kier alpha value is -2.31. The molecule has 0 atom stereocenters. The Morgan fingerprint density at radius 3 is 2.65 bits per heavy atom. The Morgan fingerprint density at radius 1 is 1.19 bits per heavy atom. The van der Waals surface area contributed by atoms with Gasteiger partial charge >= 0.3 is 0 Å². The molecule has 0 aliphatic rings. The standard InChI is InChI=1S/C19H19ClN4OS/c1-3-24-18(14-6-4-5-13(2)11-14)22-23-19(24)26-12-17(25)21-16-9-7-15(20)8-10-16/h4-11H,3,12H2,1-2H3,(H,21,25). The minimum absolute atomic E-state index is 0.0971. The first kappa shape index (κ1) is 18.5. The summed E-state index contributed by atoms with van der Waals surface area (Å²) in [5.41, 5.74) is 2.92. The quantitative estimate of drug-likeness (QED) is 0.626. The van der Waals surface area contributed by atoms with Crippen molar-refractivity contribution in [2.45, 2.75) is 25.5 Å². The summed E-state index contributed by atoms with van der Waals surface area (Å²) in [5, 5.41) is 12.8. The predicted molar refractivity (Wildman–Crippen MR) is 107 cm³/mol. The van der Waals surface area contributed by atoms with Crippen molar-refractivity contribution in [3.8, 4) is 11.4 Å². The molecule has 0 fully saturated rings. The lowest BCUT2D eigenvalue weighted by atomic mass is 10.1. The summed E-state index contributed by atoms with van der Waals surface area (Å²) >= 11 is 7.22. The average molecular weight is 387 g/mol. The summed E-state index contributed by atoms with van der Waals surface area (Å²) in [6, 6.07) is 15.2. The molecular formula is C19H19ClN4OS. The molecular weight excluding hydrogens is 368 g/mol. The van der Waals surface area contributed by atoms with E-state index >= 15 is 0 Å². The summed E-state index contributed by atoms with van der Waals surface area (Å²) < 4.78 is 2.02. The van der Waals surface area contributed by atoms with Crippen LogP contribution >= 0.6 is 23.4 Å². The van der Waals surface area contributed by atoms with Crippen molar-refractivity contribution in [1.82, 2.24) is 14.8 Å². The summed E-state index contributed by atoms with van der Waals surface area (Å²) in [7, 11) is 0. The smallest absolute Gasteiger partial charge is 0.234 e. The molecule has 0 spiro atoms.